The molecule has 0 aliphatic carbocycles. The van der Waals surface area contributed by atoms with Crippen LogP contribution in [0.2, 0.25) is 0 Å². The van der Waals surface area contributed by atoms with Crippen molar-refractivity contribution >= 4 is 11.6 Å². The molecule has 16 heavy (non-hydrogen) atoms. The molecule has 1 saturated heterocycles. The van der Waals surface area contributed by atoms with Crippen LogP contribution in [0.5, 0.6) is 0 Å². The maximum Gasteiger partial charge on any atom is 0.128 e. The summed E-state index contributed by atoms with van der Waals surface area (Å²) in [6, 6.07) is 6.54. The van der Waals surface area contributed by atoms with Crippen molar-refractivity contribution in [3.63, 3.8) is 0 Å². The van der Waals surface area contributed by atoms with E-state index in [9.17, 15) is 0 Å². The number of likely N-dealkylation sites (tertiary alicyclic amines) is 1. The number of hydrogen-bond acceptors (Lipinski definition) is 4. The summed E-state index contributed by atoms with van der Waals surface area (Å²) in [5, 5.41) is 6.55. The van der Waals surface area contributed by atoms with Gasteiger partial charge in [-0.2, -0.15) is 0 Å². The Hall–Kier alpha value is -1.29. The van der Waals surface area contributed by atoms with Gasteiger partial charge in [-0.15, -0.1) is 0 Å². The minimum absolute atomic E-state index is 0.526. The van der Waals surface area contributed by atoms with Crippen LogP contribution in [0, 0.1) is 0 Å². The first kappa shape index (κ1) is 11.2. The molecule has 0 amide bonds. The van der Waals surface area contributed by atoms with Gasteiger partial charge in [0.25, 0.3) is 0 Å². The van der Waals surface area contributed by atoms with E-state index in [-0.39, 0.29) is 0 Å². The predicted octanol–water partition coefficient (Wildman–Crippen LogP) is 1.63. The fourth-order valence-electron chi connectivity index (χ4n) is 2.15. The van der Waals surface area contributed by atoms with Crippen molar-refractivity contribution < 1.29 is 0 Å². The van der Waals surface area contributed by atoms with Gasteiger partial charge in [-0.1, -0.05) is 6.07 Å². The van der Waals surface area contributed by atoms with E-state index >= 15 is 0 Å². The fraction of sp³-hybridized carbons (Fsp3) is 0.583. The third kappa shape index (κ3) is 2.85. The first-order chi connectivity index (χ1) is 7.78. The molecule has 4 nitrogen and oxygen atoms in total. The third-order valence-corrected chi connectivity index (χ3v) is 2.98. The molecular formula is C12H20N4. The number of anilines is 2. The zero-order valence-corrected chi connectivity index (χ0v) is 10.0. The highest BCUT2D eigenvalue weighted by molar-refractivity contribution is 5.45. The second-order valence-corrected chi connectivity index (χ2v) is 4.40. The molecule has 0 bridgehead atoms. The molecule has 1 unspecified atom stereocenters. The Morgan fingerprint density at radius 1 is 1.38 bits per heavy atom. The summed E-state index contributed by atoms with van der Waals surface area (Å²) in [7, 11) is 4.06. The van der Waals surface area contributed by atoms with Gasteiger partial charge in [-0.05, 0) is 38.6 Å². The monoisotopic (exact) mass is 220 g/mol. The van der Waals surface area contributed by atoms with Crippen molar-refractivity contribution in [2.45, 2.75) is 18.9 Å². The minimum Gasteiger partial charge on any atom is -0.373 e. The summed E-state index contributed by atoms with van der Waals surface area (Å²) in [4.78, 5) is 6.83. The van der Waals surface area contributed by atoms with Crippen LogP contribution in [-0.4, -0.2) is 43.1 Å². The molecule has 1 fully saturated rings. The minimum atomic E-state index is 0.526. The SMILES string of the molecule is CNc1cccc(NC2CCCN(C)C2)n1. The lowest BCUT2D eigenvalue weighted by Gasteiger charge is -2.30. The van der Waals surface area contributed by atoms with Gasteiger partial charge in [0.1, 0.15) is 11.6 Å². The molecule has 0 saturated carbocycles. The van der Waals surface area contributed by atoms with Crippen LogP contribution in [0.15, 0.2) is 18.2 Å². The number of rotatable bonds is 3. The average molecular weight is 220 g/mol. The zero-order chi connectivity index (χ0) is 11.4. The second-order valence-electron chi connectivity index (χ2n) is 4.40. The van der Waals surface area contributed by atoms with E-state index in [0.29, 0.717) is 6.04 Å². The molecule has 1 aromatic rings. The third-order valence-electron chi connectivity index (χ3n) is 2.98. The van der Waals surface area contributed by atoms with Gasteiger partial charge in [-0.3, -0.25) is 0 Å². The van der Waals surface area contributed by atoms with E-state index in [2.05, 4.69) is 27.6 Å². The Morgan fingerprint density at radius 2 is 2.19 bits per heavy atom. The molecule has 2 heterocycles. The van der Waals surface area contributed by atoms with Crippen molar-refractivity contribution in [1.82, 2.24) is 9.88 Å². The molecule has 1 aromatic heterocycles. The Balaban J connectivity index is 1.97. The lowest BCUT2D eigenvalue weighted by molar-refractivity contribution is 0.261. The fourth-order valence-corrected chi connectivity index (χ4v) is 2.15. The molecule has 0 aromatic carbocycles. The van der Waals surface area contributed by atoms with Gasteiger partial charge in [0.2, 0.25) is 0 Å². The van der Waals surface area contributed by atoms with Crippen molar-refractivity contribution in [1.29, 1.82) is 0 Å². The topological polar surface area (TPSA) is 40.2 Å². The lowest BCUT2D eigenvalue weighted by atomic mass is 10.1. The van der Waals surface area contributed by atoms with E-state index in [4.69, 9.17) is 0 Å². The predicted molar refractivity (Wildman–Crippen MR) is 67.9 cm³/mol. The molecule has 88 valence electrons. The summed E-state index contributed by atoms with van der Waals surface area (Å²) < 4.78 is 0. The highest BCUT2D eigenvalue weighted by atomic mass is 15.2. The van der Waals surface area contributed by atoms with Gasteiger partial charge in [0.05, 0.1) is 0 Å². The highest BCUT2D eigenvalue weighted by Crippen LogP contribution is 2.15. The van der Waals surface area contributed by atoms with Gasteiger partial charge in [0, 0.05) is 19.6 Å². The van der Waals surface area contributed by atoms with Crippen LogP contribution >= 0.6 is 0 Å². The molecule has 1 aliphatic rings. The van der Waals surface area contributed by atoms with Gasteiger partial charge in [-0.25, -0.2) is 4.98 Å². The summed E-state index contributed by atoms with van der Waals surface area (Å²) in [5.74, 6) is 1.88. The Morgan fingerprint density at radius 3 is 2.94 bits per heavy atom. The quantitative estimate of drug-likeness (QED) is 0.812. The first-order valence-corrected chi connectivity index (χ1v) is 5.88. The number of piperidine rings is 1. The molecular weight excluding hydrogens is 200 g/mol. The maximum atomic E-state index is 4.47. The molecule has 2 rings (SSSR count). The number of aromatic nitrogens is 1. The van der Waals surface area contributed by atoms with E-state index < -0.39 is 0 Å². The Bertz CT molecular complexity index is 340. The van der Waals surface area contributed by atoms with E-state index in [0.717, 1.165) is 18.2 Å². The van der Waals surface area contributed by atoms with Crippen LogP contribution < -0.4 is 10.6 Å². The van der Waals surface area contributed by atoms with Crippen LogP contribution in [0.3, 0.4) is 0 Å². The van der Waals surface area contributed by atoms with Crippen LogP contribution in [0.4, 0.5) is 11.6 Å². The van der Waals surface area contributed by atoms with Crippen molar-refractivity contribution in [2.75, 3.05) is 37.8 Å². The van der Waals surface area contributed by atoms with Crippen molar-refractivity contribution in [3.8, 4) is 0 Å². The molecule has 1 atom stereocenters. The van der Waals surface area contributed by atoms with Crippen molar-refractivity contribution in [2.24, 2.45) is 0 Å². The maximum absolute atomic E-state index is 4.47. The highest BCUT2D eigenvalue weighted by Gasteiger charge is 2.16. The van der Waals surface area contributed by atoms with Gasteiger partial charge in [0.15, 0.2) is 0 Å². The number of nitrogens with zero attached hydrogens (tertiary/aromatic N) is 2. The number of pyridine rings is 1. The van der Waals surface area contributed by atoms with Crippen LogP contribution in [-0.2, 0) is 0 Å². The summed E-state index contributed by atoms with van der Waals surface area (Å²) in [5.41, 5.74) is 0. The number of hydrogen-bond donors (Lipinski definition) is 2. The lowest BCUT2D eigenvalue weighted by Crippen LogP contribution is -2.39. The van der Waals surface area contributed by atoms with E-state index in [1.54, 1.807) is 0 Å². The molecule has 2 N–H and O–H groups in total. The van der Waals surface area contributed by atoms with Gasteiger partial charge >= 0.3 is 0 Å². The Labute approximate surface area is 97.1 Å². The number of likely N-dealkylation sites (N-methyl/N-ethyl adjacent to an activating group) is 1. The van der Waals surface area contributed by atoms with Crippen molar-refractivity contribution in [3.05, 3.63) is 18.2 Å². The smallest absolute Gasteiger partial charge is 0.128 e. The van der Waals surface area contributed by atoms with Gasteiger partial charge < -0.3 is 15.5 Å². The second kappa shape index (κ2) is 5.16. The normalized spacial score (nSPS) is 21.8. The summed E-state index contributed by atoms with van der Waals surface area (Å²) >= 11 is 0. The van der Waals surface area contributed by atoms with Crippen LogP contribution in [0.25, 0.3) is 0 Å². The van der Waals surface area contributed by atoms with E-state index in [1.165, 1.54) is 19.4 Å². The molecule has 0 spiro atoms. The molecule has 1 aliphatic heterocycles. The summed E-state index contributed by atoms with van der Waals surface area (Å²) in [6.45, 7) is 2.31. The molecule has 0 radical (unpaired) electrons. The Kier molecular flexibility index (Phi) is 3.62. The zero-order valence-electron chi connectivity index (χ0n) is 10.0. The molecule has 4 heteroatoms. The van der Waals surface area contributed by atoms with Crippen LogP contribution in [0.1, 0.15) is 12.8 Å². The largest absolute Gasteiger partial charge is 0.373 e. The number of nitrogens with one attached hydrogen (secondary N) is 2. The van der Waals surface area contributed by atoms with E-state index in [1.807, 2.05) is 25.2 Å². The summed E-state index contributed by atoms with van der Waals surface area (Å²) in [6.07, 6.45) is 2.50. The first-order valence-electron chi connectivity index (χ1n) is 5.88. The standard InChI is InChI=1S/C12H20N4/c1-13-11-6-3-7-12(15-11)14-10-5-4-8-16(2)9-10/h3,6-7,10H,4-5,8-9H2,1-2H3,(H2,13,14,15). The average Bonchev–Trinajstić information content (AvgIpc) is 2.29.